The molecule has 1 amide bonds. The number of hydrogen-bond acceptors (Lipinski definition) is 4. The molecule has 2 aliphatic heterocycles. The zero-order valence-corrected chi connectivity index (χ0v) is 16.0. The van der Waals surface area contributed by atoms with Crippen LogP contribution in [0, 0.1) is 5.92 Å². The third kappa shape index (κ3) is 4.27. The lowest BCUT2D eigenvalue weighted by atomic mass is 9.95. The largest absolute Gasteiger partial charge is 0.337 e. The Hall–Kier alpha value is -1.43. The Bertz CT molecular complexity index is 589. The number of likely N-dealkylation sites (tertiary alicyclic amines) is 2. The maximum absolute atomic E-state index is 12.9. The first-order chi connectivity index (χ1) is 12.8. The highest BCUT2D eigenvalue weighted by Crippen LogP contribution is 2.27. The Labute approximate surface area is 156 Å². The van der Waals surface area contributed by atoms with Crippen molar-refractivity contribution in [2.75, 3.05) is 32.7 Å². The molecule has 0 radical (unpaired) electrons. The first-order valence-corrected chi connectivity index (χ1v) is 10.7. The Kier molecular flexibility index (Phi) is 5.88. The van der Waals surface area contributed by atoms with Gasteiger partial charge in [-0.25, -0.2) is 4.68 Å². The van der Waals surface area contributed by atoms with Gasteiger partial charge in [0.1, 0.15) is 0 Å². The number of amides is 1. The van der Waals surface area contributed by atoms with Crippen LogP contribution in [0.4, 0.5) is 0 Å². The van der Waals surface area contributed by atoms with E-state index in [0.29, 0.717) is 17.7 Å². The molecular weight excluding hydrogens is 326 g/mol. The van der Waals surface area contributed by atoms with Crippen molar-refractivity contribution in [2.45, 2.75) is 70.3 Å². The normalized spacial score (nSPS) is 26.2. The van der Waals surface area contributed by atoms with E-state index < -0.39 is 0 Å². The van der Waals surface area contributed by atoms with Gasteiger partial charge in [-0.3, -0.25) is 4.79 Å². The molecule has 6 nitrogen and oxygen atoms in total. The van der Waals surface area contributed by atoms with E-state index >= 15 is 0 Å². The molecule has 1 aromatic rings. The van der Waals surface area contributed by atoms with E-state index in [2.05, 4.69) is 15.2 Å². The van der Waals surface area contributed by atoms with Crippen LogP contribution in [0.1, 0.15) is 80.7 Å². The van der Waals surface area contributed by atoms with E-state index in [9.17, 15) is 4.79 Å². The van der Waals surface area contributed by atoms with Crippen molar-refractivity contribution in [1.29, 1.82) is 0 Å². The first-order valence-electron chi connectivity index (χ1n) is 10.7. The third-order valence-electron chi connectivity index (χ3n) is 6.45. The molecular formula is C20H33N5O. The topological polar surface area (TPSA) is 54.3 Å². The Balaban J connectivity index is 1.34. The molecule has 1 atom stereocenters. The summed E-state index contributed by atoms with van der Waals surface area (Å²) in [5, 5.41) is 8.50. The molecule has 4 rings (SSSR count). The molecule has 6 heteroatoms. The summed E-state index contributed by atoms with van der Waals surface area (Å²) in [5.41, 5.74) is 0.536. The fourth-order valence-electron chi connectivity index (χ4n) is 4.97. The van der Waals surface area contributed by atoms with E-state index in [4.69, 9.17) is 0 Å². The van der Waals surface area contributed by atoms with Gasteiger partial charge in [-0.1, -0.05) is 30.9 Å². The molecule has 3 fully saturated rings. The zero-order valence-electron chi connectivity index (χ0n) is 16.0. The van der Waals surface area contributed by atoms with Crippen LogP contribution in [0.25, 0.3) is 0 Å². The quantitative estimate of drug-likeness (QED) is 0.829. The number of rotatable bonds is 4. The second kappa shape index (κ2) is 8.51. The van der Waals surface area contributed by atoms with Crippen LogP contribution < -0.4 is 0 Å². The molecule has 144 valence electrons. The standard InChI is InChI=1S/C20H33N5O/c26-20(19-16-25(22-21-19)18-9-3-1-4-10-18)24-13-7-8-17(15-24)14-23-11-5-2-6-12-23/h16-18H,1-15H2/t17-/m0/s1. The predicted molar refractivity (Wildman–Crippen MR) is 101 cm³/mol. The molecule has 0 N–H and O–H groups in total. The van der Waals surface area contributed by atoms with E-state index in [1.165, 1.54) is 70.9 Å². The van der Waals surface area contributed by atoms with Crippen molar-refractivity contribution >= 4 is 5.91 Å². The van der Waals surface area contributed by atoms with E-state index in [1.807, 2.05) is 15.8 Å². The monoisotopic (exact) mass is 359 g/mol. The molecule has 1 aliphatic carbocycles. The summed E-state index contributed by atoms with van der Waals surface area (Å²) >= 11 is 0. The number of aromatic nitrogens is 3. The van der Waals surface area contributed by atoms with Gasteiger partial charge in [0.15, 0.2) is 5.69 Å². The number of carbonyl (C=O) groups excluding carboxylic acids is 1. The Morgan fingerprint density at radius 3 is 2.54 bits per heavy atom. The molecule has 0 bridgehead atoms. The summed E-state index contributed by atoms with van der Waals surface area (Å²) in [6.45, 7) is 5.37. The molecule has 3 heterocycles. The minimum atomic E-state index is 0.0791. The molecule has 2 saturated heterocycles. The highest BCUT2D eigenvalue weighted by Gasteiger charge is 2.28. The van der Waals surface area contributed by atoms with E-state index in [-0.39, 0.29) is 5.91 Å². The van der Waals surface area contributed by atoms with E-state index in [1.54, 1.807) is 0 Å². The fourth-order valence-corrected chi connectivity index (χ4v) is 4.97. The number of nitrogens with zero attached hydrogens (tertiary/aromatic N) is 5. The molecule has 0 aromatic carbocycles. The van der Waals surface area contributed by atoms with Crippen LogP contribution in [0.15, 0.2) is 6.20 Å². The van der Waals surface area contributed by atoms with Crippen molar-refractivity contribution in [3.05, 3.63) is 11.9 Å². The second-order valence-electron chi connectivity index (χ2n) is 8.50. The Morgan fingerprint density at radius 2 is 1.73 bits per heavy atom. The highest BCUT2D eigenvalue weighted by molar-refractivity contribution is 5.92. The van der Waals surface area contributed by atoms with Gasteiger partial charge < -0.3 is 9.80 Å². The van der Waals surface area contributed by atoms with Gasteiger partial charge in [-0.2, -0.15) is 0 Å². The van der Waals surface area contributed by atoms with Gasteiger partial charge in [0.05, 0.1) is 12.2 Å². The van der Waals surface area contributed by atoms with Crippen molar-refractivity contribution in [3.63, 3.8) is 0 Å². The van der Waals surface area contributed by atoms with Gasteiger partial charge in [0.25, 0.3) is 5.91 Å². The van der Waals surface area contributed by atoms with Crippen molar-refractivity contribution in [3.8, 4) is 0 Å². The fraction of sp³-hybridized carbons (Fsp3) is 0.850. The maximum atomic E-state index is 12.9. The average molecular weight is 360 g/mol. The van der Waals surface area contributed by atoms with Crippen molar-refractivity contribution in [1.82, 2.24) is 24.8 Å². The van der Waals surface area contributed by atoms with E-state index in [0.717, 1.165) is 26.1 Å². The molecule has 1 saturated carbocycles. The predicted octanol–water partition coefficient (Wildman–Crippen LogP) is 3.12. The lowest BCUT2D eigenvalue weighted by Crippen LogP contribution is -2.44. The zero-order chi connectivity index (χ0) is 17.8. The number of carbonyl (C=O) groups is 1. The Morgan fingerprint density at radius 1 is 0.962 bits per heavy atom. The molecule has 0 unspecified atom stereocenters. The van der Waals surface area contributed by atoms with Crippen LogP contribution in [0.5, 0.6) is 0 Å². The maximum Gasteiger partial charge on any atom is 0.276 e. The van der Waals surface area contributed by atoms with Crippen LogP contribution in [-0.2, 0) is 0 Å². The minimum absolute atomic E-state index is 0.0791. The minimum Gasteiger partial charge on any atom is -0.337 e. The van der Waals surface area contributed by atoms with Crippen molar-refractivity contribution in [2.24, 2.45) is 5.92 Å². The first kappa shape index (κ1) is 18.0. The third-order valence-corrected chi connectivity index (χ3v) is 6.45. The number of piperidine rings is 2. The molecule has 3 aliphatic rings. The van der Waals surface area contributed by atoms with Gasteiger partial charge >= 0.3 is 0 Å². The summed E-state index contributed by atoms with van der Waals surface area (Å²) in [7, 11) is 0. The highest BCUT2D eigenvalue weighted by atomic mass is 16.2. The summed E-state index contributed by atoms with van der Waals surface area (Å²) in [6.07, 6.45) is 14.5. The van der Waals surface area contributed by atoms with Gasteiger partial charge in [0, 0.05) is 19.6 Å². The van der Waals surface area contributed by atoms with Gasteiger partial charge in [0.2, 0.25) is 0 Å². The smallest absolute Gasteiger partial charge is 0.276 e. The second-order valence-corrected chi connectivity index (χ2v) is 8.50. The molecule has 1 aromatic heterocycles. The van der Waals surface area contributed by atoms with Gasteiger partial charge in [-0.05, 0) is 57.5 Å². The average Bonchev–Trinajstić information content (AvgIpc) is 3.19. The van der Waals surface area contributed by atoms with Crippen molar-refractivity contribution < 1.29 is 4.79 Å². The summed E-state index contributed by atoms with van der Waals surface area (Å²) in [6, 6.07) is 0.436. The molecule has 26 heavy (non-hydrogen) atoms. The molecule has 0 spiro atoms. The lowest BCUT2D eigenvalue weighted by Gasteiger charge is -2.36. The SMILES string of the molecule is O=C(c1cn(C2CCCCC2)nn1)N1CCC[C@@H](CN2CCCCC2)C1. The lowest BCUT2D eigenvalue weighted by molar-refractivity contribution is 0.0625. The van der Waals surface area contributed by atoms with Gasteiger partial charge in [-0.15, -0.1) is 5.10 Å². The van der Waals surface area contributed by atoms with Crippen LogP contribution in [-0.4, -0.2) is 63.4 Å². The summed E-state index contributed by atoms with van der Waals surface area (Å²) in [4.78, 5) is 17.5. The van der Waals surface area contributed by atoms with Crippen LogP contribution in [0.2, 0.25) is 0 Å². The van der Waals surface area contributed by atoms with Crippen LogP contribution >= 0.6 is 0 Å². The summed E-state index contributed by atoms with van der Waals surface area (Å²) < 4.78 is 1.95. The van der Waals surface area contributed by atoms with Crippen LogP contribution in [0.3, 0.4) is 0 Å². The number of hydrogen-bond donors (Lipinski definition) is 0. The summed E-state index contributed by atoms with van der Waals surface area (Å²) in [5.74, 6) is 0.689.